The zero-order valence-corrected chi connectivity index (χ0v) is 11.3. The van der Waals surface area contributed by atoms with Crippen LogP contribution in [0.15, 0.2) is 0 Å². The van der Waals surface area contributed by atoms with Crippen molar-refractivity contribution in [2.75, 3.05) is 65.6 Å². The van der Waals surface area contributed by atoms with E-state index in [0.29, 0.717) is 0 Å². The molecular weight excluding hydrogens is 249 g/mol. The lowest BCUT2D eigenvalue weighted by Crippen LogP contribution is -2.47. The van der Waals surface area contributed by atoms with Crippen molar-refractivity contribution < 1.29 is 4.74 Å². The Labute approximate surface area is 111 Å². The van der Waals surface area contributed by atoms with Crippen molar-refractivity contribution >= 4 is 24.8 Å². The second-order valence-electron chi connectivity index (χ2n) is 4.05. The maximum atomic E-state index is 5.33. The number of morpholine rings is 1. The van der Waals surface area contributed by atoms with Gasteiger partial charge in [-0.15, -0.1) is 24.8 Å². The standard InChI is InChI=1S/C10H21N3O.2ClH/c1-3-12(4-2-11-1)5-6-13-7-9-14-10-8-13;;/h11H,1-10H2;2*1H. The maximum Gasteiger partial charge on any atom is 0.0594 e. The first-order valence-electron chi connectivity index (χ1n) is 5.68. The Morgan fingerprint density at radius 3 is 1.88 bits per heavy atom. The van der Waals surface area contributed by atoms with E-state index in [0.717, 1.165) is 39.4 Å². The van der Waals surface area contributed by atoms with Crippen LogP contribution < -0.4 is 5.32 Å². The summed E-state index contributed by atoms with van der Waals surface area (Å²) in [5.74, 6) is 0. The van der Waals surface area contributed by atoms with Gasteiger partial charge in [-0.05, 0) is 0 Å². The Kier molecular flexibility index (Phi) is 9.70. The Bertz CT molecular complexity index is 144. The predicted molar refractivity (Wildman–Crippen MR) is 71.1 cm³/mol. The highest BCUT2D eigenvalue weighted by atomic mass is 35.5. The van der Waals surface area contributed by atoms with Crippen LogP contribution in [0.2, 0.25) is 0 Å². The molecule has 2 saturated heterocycles. The number of halogens is 2. The van der Waals surface area contributed by atoms with Gasteiger partial charge in [-0.3, -0.25) is 9.80 Å². The lowest BCUT2D eigenvalue weighted by atomic mass is 10.3. The lowest BCUT2D eigenvalue weighted by Gasteiger charge is -2.31. The zero-order chi connectivity index (χ0) is 9.64. The topological polar surface area (TPSA) is 27.7 Å². The van der Waals surface area contributed by atoms with Gasteiger partial charge >= 0.3 is 0 Å². The van der Waals surface area contributed by atoms with Crippen LogP contribution in [0.4, 0.5) is 0 Å². The highest BCUT2D eigenvalue weighted by Gasteiger charge is 2.13. The summed E-state index contributed by atoms with van der Waals surface area (Å²) in [5.41, 5.74) is 0. The Hall–Kier alpha value is 0.420. The van der Waals surface area contributed by atoms with E-state index in [1.54, 1.807) is 0 Å². The van der Waals surface area contributed by atoms with Crippen molar-refractivity contribution in [3.05, 3.63) is 0 Å². The summed E-state index contributed by atoms with van der Waals surface area (Å²) in [6.45, 7) is 11.2. The summed E-state index contributed by atoms with van der Waals surface area (Å²) < 4.78 is 5.33. The molecular formula is C10H23Cl2N3O. The molecule has 4 nitrogen and oxygen atoms in total. The first-order chi connectivity index (χ1) is 6.95. The fraction of sp³-hybridized carbons (Fsp3) is 1.00. The highest BCUT2D eigenvalue weighted by Crippen LogP contribution is 1.98. The fourth-order valence-electron chi connectivity index (χ4n) is 2.04. The smallest absolute Gasteiger partial charge is 0.0594 e. The normalized spacial score (nSPS) is 23.2. The van der Waals surface area contributed by atoms with Gasteiger partial charge in [-0.25, -0.2) is 0 Å². The van der Waals surface area contributed by atoms with Crippen molar-refractivity contribution in [3.8, 4) is 0 Å². The molecule has 2 aliphatic heterocycles. The van der Waals surface area contributed by atoms with E-state index in [4.69, 9.17) is 4.74 Å². The molecule has 0 saturated carbocycles. The molecule has 6 heteroatoms. The molecule has 0 aromatic heterocycles. The quantitative estimate of drug-likeness (QED) is 0.787. The zero-order valence-electron chi connectivity index (χ0n) is 9.69. The monoisotopic (exact) mass is 271 g/mol. The minimum Gasteiger partial charge on any atom is -0.379 e. The van der Waals surface area contributed by atoms with Crippen LogP contribution in [0.3, 0.4) is 0 Å². The van der Waals surface area contributed by atoms with Crippen molar-refractivity contribution in [2.24, 2.45) is 0 Å². The number of hydrogen-bond acceptors (Lipinski definition) is 4. The molecule has 0 aromatic rings. The van der Waals surface area contributed by atoms with E-state index < -0.39 is 0 Å². The minimum atomic E-state index is 0. The number of hydrogen-bond donors (Lipinski definition) is 1. The molecule has 2 aliphatic rings. The molecule has 0 aromatic carbocycles. The first kappa shape index (κ1) is 16.4. The largest absolute Gasteiger partial charge is 0.379 e. The van der Waals surface area contributed by atoms with Crippen LogP contribution in [-0.4, -0.2) is 75.4 Å². The van der Waals surface area contributed by atoms with Crippen molar-refractivity contribution in [1.82, 2.24) is 15.1 Å². The van der Waals surface area contributed by atoms with Gasteiger partial charge in [0.25, 0.3) is 0 Å². The van der Waals surface area contributed by atoms with Crippen molar-refractivity contribution in [3.63, 3.8) is 0 Å². The second-order valence-corrected chi connectivity index (χ2v) is 4.05. The molecule has 16 heavy (non-hydrogen) atoms. The molecule has 0 bridgehead atoms. The van der Waals surface area contributed by atoms with E-state index in [2.05, 4.69) is 15.1 Å². The van der Waals surface area contributed by atoms with Crippen molar-refractivity contribution in [1.29, 1.82) is 0 Å². The third-order valence-corrected chi connectivity index (χ3v) is 3.05. The SMILES string of the molecule is C1CN(CCN2CCOCC2)CCN1.Cl.Cl. The Morgan fingerprint density at radius 2 is 1.31 bits per heavy atom. The predicted octanol–water partition coefficient (Wildman–Crippen LogP) is 0.0674. The van der Waals surface area contributed by atoms with Crippen LogP contribution in [0.1, 0.15) is 0 Å². The van der Waals surface area contributed by atoms with E-state index in [1.807, 2.05) is 0 Å². The summed E-state index contributed by atoms with van der Waals surface area (Å²) in [7, 11) is 0. The van der Waals surface area contributed by atoms with E-state index in [9.17, 15) is 0 Å². The van der Waals surface area contributed by atoms with E-state index in [1.165, 1.54) is 26.2 Å². The number of nitrogens with zero attached hydrogens (tertiary/aromatic N) is 2. The van der Waals surface area contributed by atoms with Crippen LogP contribution in [0.5, 0.6) is 0 Å². The molecule has 1 N–H and O–H groups in total. The first-order valence-corrected chi connectivity index (χ1v) is 5.68. The molecule has 2 heterocycles. The minimum absolute atomic E-state index is 0. The molecule has 2 rings (SSSR count). The third-order valence-electron chi connectivity index (χ3n) is 3.05. The van der Waals surface area contributed by atoms with Crippen LogP contribution in [-0.2, 0) is 4.74 Å². The van der Waals surface area contributed by atoms with E-state index in [-0.39, 0.29) is 24.8 Å². The maximum absolute atomic E-state index is 5.33. The summed E-state index contributed by atoms with van der Waals surface area (Å²) in [6, 6.07) is 0. The van der Waals surface area contributed by atoms with Gasteiger partial charge in [0.15, 0.2) is 0 Å². The van der Waals surface area contributed by atoms with Crippen molar-refractivity contribution in [2.45, 2.75) is 0 Å². The summed E-state index contributed by atoms with van der Waals surface area (Å²) in [6.07, 6.45) is 0. The molecule has 0 aliphatic carbocycles. The summed E-state index contributed by atoms with van der Waals surface area (Å²) >= 11 is 0. The fourth-order valence-corrected chi connectivity index (χ4v) is 2.04. The van der Waals surface area contributed by atoms with Crippen LogP contribution >= 0.6 is 24.8 Å². The lowest BCUT2D eigenvalue weighted by molar-refractivity contribution is 0.0328. The number of piperazine rings is 1. The van der Waals surface area contributed by atoms with Gasteiger partial charge in [0.1, 0.15) is 0 Å². The molecule has 2 fully saturated rings. The highest BCUT2D eigenvalue weighted by molar-refractivity contribution is 5.85. The van der Waals surface area contributed by atoms with Gasteiger partial charge in [0.05, 0.1) is 13.2 Å². The van der Waals surface area contributed by atoms with E-state index >= 15 is 0 Å². The number of nitrogens with one attached hydrogen (secondary N) is 1. The second kappa shape index (κ2) is 9.45. The molecule has 0 atom stereocenters. The van der Waals surface area contributed by atoms with Gasteiger partial charge in [-0.1, -0.05) is 0 Å². The van der Waals surface area contributed by atoms with Gasteiger partial charge in [0, 0.05) is 52.4 Å². The number of ether oxygens (including phenoxy) is 1. The third kappa shape index (κ3) is 5.66. The van der Waals surface area contributed by atoms with Gasteiger partial charge in [-0.2, -0.15) is 0 Å². The molecule has 98 valence electrons. The Balaban J connectivity index is 0.00000112. The average Bonchev–Trinajstić information content (AvgIpc) is 2.29. The molecule has 0 spiro atoms. The Morgan fingerprint density at radius 1 is 0.812 bits per heavy atom. The number of rotatable bonds is 3. The van der Waals surface area contributed by atoms with Gasteiger partial charge < -0.3 is 10.1 Å². The summed E-state index contributed by atoms with van der Waals surface area (Å²) in [5, 5.41) is 3.38. The van der Waals surface area contributed by atoms with Crippen LogP contribution in [0.25, 0.3) is 0 Å². The molecule has 0 amide bonds. The van der Waals surface area contributed by atoms with Gasteiger partial charge in [0.2, 0.25) is 0 Å². The molecule has 0 unspecified atom stereocenters. The average molecular weight is 272 g/mol. The van der Waals surface area contributed by atoms with Crippen LogP contribution in [0, 0.1) is 0 Å². The summed E-state index contributed by atoms with van der Waals surface area (Å²) in [4.78, 5) is 5.05. The molecule has 0 radical (unpaired) electrons.